The van der Waals surface area contributed by atoms with Crippen molar-refractivity contribution in [3.63, 3.8) is 0 Å². The van der Waals surface area contributed by atoms with Crippen molar-refractivity contribution in [1.29, 1.82) is 0 Å². The van der Waals surface area contributed by atoms with E-state index in [2.05, 4.69) is 0 Å². The Hall–Kier alpha value is -1.88. The van der Waals surface area contributed by atoms with Gasteiger partial charge in [0.25, 0.3) is 5.91 Å². The number of anilines is 1. The van der Waals surface area contributed by atoms with Gasteiger partial charge < -0.3 is 9.47 Å². The summed E-state index contributed by atoms with van der Waals surface area (Å²) in [4.78, 5) is 25.6. The van der Waals surface area contributed by atoms with Gasteiger partial charge in [0, 0.05) is 7.11 Å². The van der Waals surface area contributed by atoms with E-state index in [-0.39, 0.29) is 12.5 Å². The van der Waals surface area contributed by atoms with Gasteiger partial charge in [-0.25, -0.2) is 4.79 Å². The number of benzene rings is 1. The molecule has 0 saturated carbocycles. The van der Waals surface area contributed by atoms with Gasteiger partial charge in [-0.05, 0) is 31.9 Å². The first-order valence-electron chi connectivity index (χ1n) is 6.97. The summed E-state index contributed by atoms with van der Waals surface area (Å²) >= 11 is 0. The molecule has 0 aliphatic rings. The van der Waals surface area contributed by atoms with Gasteiger partial charge in [-0.15, -0.1) is 0 Å². The second kappa shape index (κ2) is 7.05. The van der Waals surface area contributed by atoms with Crippen molar-refractivity contribution in [2.24, 2.45) is 0 Å². The van der Waals surface area contributed by atoms with Crippen molar-refractivity contribution in [2.45, 2.75) is 26.8 Å². The zero-order valence-corrected chi connectivity index (χ0v) is 12.3. The molecule has 20 heavy (non-hydrogen) atoms. The first kappa shape index (κ1) is 14.5. The van der Waals surface area contributed by atoms with Gasteiger partial charge in [0.2, 0.25) is 0 Å². The van der Waals surface area contributed by atoms with Crippen LogP contribution in [0.3, 0.4) is 0 Å². The van der Waals surface area contributed by atoms with Crippen LogP contribution in [-0.2, 0) is 19.1 Å². The van der Waals surface area contributed by atoms with Gasteiger partial charge in [-0.3, -0.25) is 9.69 Å². The predicted molar refractivity (Wildman–Crippen MR) is 76.8 cm³/mol. The van der Waals surface area contributed by atoms with Crippen LogP contribution in [0.4, 0.5) is 5.69 Å². The molecule has 1 aromatic rings. The smallest absolute Gasteiger partial charge is 0.328 e. The van der Waals surface area contributed by atoms with Crippen molar-refractivity contribution in [3.8, 4) is 0 Å². The third kappa shape index (κ3) is 3.36. The standard InChI is InChI=1S/C15H21NO4/c1-10-7-6-8-11(2)14(10)16(13(17)9-19-4)12(3)15(18)20-5/h6-8,12H,9H2,1-5H3/t12-/m0/s1/i5D. The lowest BCUT2D eigenvalue weighted by Gasteiger charge is -2.30. The number of para-hydroxylation sites is 1. The first-order chi connectivity index (χ1) is 9.93. The molecular formula is C15H21NO4. The third-order valence-corrected chi connectivity index (χ3v) is 3.09. The van der Waals surface area contributed by atoms with Gasteiger partial charge in [0.1, 0.15) is 12.6 Å². The molecule has 0 aliphatic heterocycles. The normalized spacial score (nSPS) is 12.5. The number of amides is 1. The monoisotopic (exact) mass is 280 g/mol. The Morgan fingerprint density at radius 1 is 1.35 bits per heavy atom. The van der Waals surface area contributed by atoms with Crippen molar-refractivity contribution >= 4 is 17.6 Å². The fraction of sp³-hybridized carbons (Fsp3) is 0.467. The molecule has 1 rings (SSSR count). The fourth-order valence-electron chi connectivity index (χ4n) is 2.14. The molecule has 0 aromatic heterocycles. The van der Waals surface area contributed by atoms with E-state index < -0.39 is 19.1 Å². The largest absolute Gasteiger partial charge is 0.467 e. The van der Waals surface area contributed by atoms with E-state index in [4.69, 9.17) is 10.8 Å². The van der Waals surface area contributed by atoms with Crippen molar-refractivity contribution < 1.29 is 20.4 Å². The molecule has 0 radical (unpaired) electrons. The lowest BCUT2D eigenvalue weighted by atomic mass is 10.1. The van der Waals surface area contributed by atoms with Gasteiger partial charge in [0.05, 0.1) is 14.1 Å². The van der Waals surface area contributed by atoms with Gasteiger partial charge in [0.15, 0.2) is 0 Å². The van der Waals surface area contributed by atoms with Gasteiger partial charge >= 0.3 is 5.97 Å². The molecule has 0 spiro atoms. The van der Waals surface area contributed by atoms with Gasteiger partial charge in [-0.2, -0.15) is 0 Å². The molecule has 0 N–H and O–H groups in total. The molecule has 0 aliphatic carbocycles. The number of hydrogen-bond acceptors (Lipinski definition) is 4. The average Bonchev–Trinajstić information content (AvgIpc) is 2.42. The summed E-state index contributed by atoms with van der Waals surface area (Å²) in [7, 11) is 0.954. The van der Waals surface area contributed by atoms with E-state index >= 15 is 0 Å². The van der Waals surface area contributed by atoms with Crippen LogP contribution < -0.4 is 4.90 Å². The number of ether oxygens (including phenoxy) is 2. The molecule has 110 valence electrons. The summed E-state index contributed by atoms with van der Waals surface area (Å²) in [6, 6.07) is 4.81. The summed E-state index contributed by atoms with van der Waals surface area (Å²) in [6.07, 6.45) is 0. The van der Waals surface area contributed by atoms with Crippen molar-refractivity contribution in [1.82, 2.24) is 0 Å². The Bertz CT molecular complexity index is 498. The van der Waals surface area contributed by atoms with Gasteiger partial charge in [-0.1, -0.05) is 18.2 Å². The van der Waals surface area contributed by atoms with Crippen LogP contribution in [0.15, 0.2) is 18.2 Å². The number of nitrogens with zero attached hydrogens (tertiary/aromatic N) is 1. The molecule has 1 aromatic carbocycles. The molecule has 0 unspecified atom stereocenters. The number of hydrogen-bond donors (Lipinski definition) is 0. The highest BCUT2D eigenvalue weighted by molar-refractivity contribution is 6.01. The maximum atomic E-state index is 12.3. The number of methoxy groups -OCH3 is 2. The van der Waals surface area contributed by atoms with E-state index in [0.29, 0.717) is 5.69 Å². The minimum atomic E-state index is -0.821. The van der Waals surface area contributed by atoms with Crippen LogP contribution in [0.5, 0.6) is 0 Å². The highest BCUT2D eigenvalue weighted by atomic mass is 16.5. The quantitative estimate of drug-likeness (QED) is 0.772. The van der Waals surface area contributed by atoms with E-state index in [1.807, 2.05) is 32.0 Å². The molecule has 5 heteroatoms. The van der Waals surface area contributed by atoms with E-state index in [0.717, 1.165) is 11.1 Å². The van der Waals surface area contributed by atoms with E-state index in [1.165, 1.54) is 12.0 Å². The fourth-order valence-corrected chi connectivity index (χ4v) is 2.14. The number of carbonyl (C=O) groups is 2. The molecule has 1 amide bonds. The second-order valence-electron chi connectivity index (χ2n) is 4.58. The van der Waals surface area contributed by atoms with Crippen LogP contribution in [0.2, 0.25) is 0 Å². The zero-order chi connectivity index (χ0) is 16.0. The minimum Gasteiger partial charge on any atom is -0.467 e. The van der Waals surface area contributed by atoms with E-state index in [9.17, 15) is 9.59 Å². The molecule has 0 saturated heterocycles. The third-order valence-electron chi connectivity index (χ3n) is 3.09. The molecule has 5 nitrogen and oxygen atoms in total. The predicted octanol–water partition coefficient (Wildman–Crippen LogP) is 1.84. The van der Waals surface area contributed by atoms with Crippen LogP contribution in [0.25, 0.3) is 0 Å². The molecule has 0 fully saturated rings. The Labute approximate surface area is 120 Å². The molecule has 0 heterocycles. The summed E-state index contributed by atoms with van der Waals surface area (Å²) < 4.78 is 16.6. The average molecular weight is 280 g/mol. The van der Waals surface area contributed by atoms with Crippen LogP contribution in [0, 0.1) is 13.8 Å². The zero-order valence-electron chi connectivity index (χ0n) is 13.3. The molecular weight excluding hydrogens is 258 g/mol. The lowest BCUT2D eigenvalue weighted by Crippen LogP contribution is -2.46. The second-order valence-corrected chi connectivity index (χ2v) is 4.58. The number of carbonyl (C=O) groups excluding carboxylic acids is 2. The number of esters is 1. The summed E-state index contributed by atoms with van der Waals surface area (Å²) in [5, 5.41) is 0. The summed E-state index contributed by atoms with van der Waals surface area (Å²) in [5.74, 6) is -0.943. The maximum absolute atomic E-state index is 12.3. The van der Waals surface area contributed by atoms with Crippen LogP contribution in [-0.4, -0.2) is 38.7 Å². The Morgan fingerprint density at radius 3 is 2.45 bits per heavy atom. The number of rotatable bonds is 5. The van der Waals surface area contributed by atoms with Crippen LogP contribution >= 0.6 is 0 Å². The highest BCUT2D eigenvalue weighted by Crippen LogP contribution is 2.27. The molecule has 0 bridgehead atoms. The topological polar surface area (TPSA) is 55.8 Å². The SMILES string of the molecule is [2H]COC(=O)[C@H](C)N(C(=O)COC)c1c(C)cccc1C. The number of aryl methyl sites for hydroxylation is 2. The first-order valence-corrected chi connectivity index (χ1v) is 6.27. The Balaban J connectivity index is 3.25. The maximum Gasteiger partial charge on any atom is 0.328 e. The Morgan fingerprint density at radius 2 is 1.95 bits per heavy atom. The molecule has 1 atom stereocenters. The van der Waals surface area contributed by atoms with Crippen LogP contribution in [0.1, 0.15) is 19.4 Å². The van der Waals surface area contributed by atoms with Crippen molar-refractivity contribution in [2.75, 3.05) is 25.7 Å². The van der Waals surface area contributed by atoms with E-state index in [1.54, 1.807) is 6.92 Å². The minimum absolute atomic E-state index is 0.133. The lowest BCUT2D eigenvalue weighted by molar-refractivity contribution is -0.143. The Kier molecular flexibility index (Phi) is 5.12. The highest BCUT2D eigenvalue weighted by Gasteiger charge is 2.29. The summed E-state index contributed by atoms with van der Waals surface area (Å²) in [5.41, 5.74) is 2.43. The van der Waals surface area contributed by atoms with Crippen molar-refractivity contribution in [3.05, 3.63) is 29.3 Å². The summed E-state index contributed by atoms with van der Waals surface area (Å²) in [6.45, 7) is 5.19.